The van der Waals surface area contributed by atoms with Crippen LogP contribution in [0.25, 0.3) is 0 Å². The normalized spacial score (nSPS) is 19.3. The summed E-state index contributed by atoms with van der Waals surface area (Å²) in [7, 11) is 0. The Labute approximate surface area is 143 Å². The summed E-state index contributed by atoms with van der Waals surface area (Å²) in [5.74, 6) is 0.646. The Hall–Kier alpha value is -1.57. The number of halogens is 2. The van der Waals surface area contributed by atoms with Gasteiger partial charge in [-0.25, -0.2) is 4.98 Å². The van der Waals surface area contributed by atoms with E-state index in [1.54, 1.807) is 0 Å². The number of nitrogens with zero attached hydrogens (tertiary/aromatic N) is 5. The molecule has 4 rings (SSSR count). The molecule has 2 aliphatic rings. The topological polar surface area (TPSA) is 93.1 Å². The summed E-state index contributed by atoms with van der Waals surface area (Å²) in [4.78, 5) is 10.3. The van der Waals surface area contributed by atoms with Crippen LogP contribution in [0.4, 0.5) is 11.8 Å². The van der Waals surface area contributed by atoms with E-state index in [0.29, 0.717) is 24.1 Å². The first-order valence-electron chi connectivity index (χ1n) is 7.51. The number of aromatic nitrogens is 4. The zero-order valence-electron chi connectivity index (χ0n) is 12.3. The Morgan fingerprint density at radius 2 is 2.13 bits per heavy atom. The fourth-order valence-corrected chi connectivity index (χ4v) is 4.02. The fourth-order valence-electron chi connectivity index (χ4n) is 3.40. The van der Waals surface area contributed by atoms with E-state index in [-0.39, 0.29) is 18.5 Å². The molecule has 0 radical (unpaired) electrons. The molecule has 0 amide bonds. The molecule has 0 saturated carbocycles. The van der Waals surface area contributed by atoms with E-state index in [2.05, 4.69) is 15.1 Å². The first-order valence-corrected chi connectivity index (χ1v) is 8.27. The van der Waals surface area contributed by atoms with Gasteiger partial charge < -0.3 is 15.7 Å². The summed E-state index contributed by atoms with van der Waals surface area (Å²) < 4.78 is 1.97. The second-order valence-corrected chi connectivity index (χ2v) is 6.64. The maximum atomic E-state index is 9.62. The quantitative estimate of drug-likeness (QED) is 0.813. The number of rotatable bonds is 3. The highest BCUT2D eigenvalue weighted by Gasteiger charge is 2.34. The van der Waals surface area contributed by atoms with E-state index in [0.717, 1.165) is 41.4 Å². The van der Waals surface area contributed by atoms with Crippen LogP contribution < -0.4 is 10.6 Å². The first kappa shape index (κ1) is 15.0. The Morgan fingerprint density at radius 3 is 2.87 bits per heavy atom. The van der Waals surface area contributed by atoms with Crippen LogP contribution in [0.1, 0.15) is 29.3 Å². The molecule has 0 saturated heterocycles. The van der Waals surface area contributed by atoms with Crippen molar-refractivity contribution in [1.29, 1.82) is 0 Å². The lowest BCUT2D eigenvalue weighted by atomic mass is 10.1. The number of aliphatic hydroxyl groups excluding tert-OH is 1. The average Bonchev–Trinajstić information content (AvgIpc) is 3.17. The summed E-state index contributed by atoms with van der Waals surface area (Å²) in [5, 5.41) is 15.2. The summed E-state index contributed by atoms with van der Waals surface area (Å²) in [6, 6.07) is 0. The molecule has 0 spiro atoms. The van der Waals surface area contributed by atoms with Crippen LogP contribution in [0, 0.1) is 0 Å². The highest BCUT2D eigenvalue weighted by atomic mass is 35.5. The second-order valence-electron chi connectivity index (χ2n) is 5.90. The van der Waals surface area contributed by atoms with Crippen molar-refractivity contribution in [3.63, 3.8) is 0 Å². The van der Waals surface area contributed by atoms with Crippen LogP contribution in [0.3, 0.4) is 0 Å². The Bertz CT molecular complexity index is 777. The van der Waals surface area contributed by atoms with Gasteiger partial charge in [0.2, 0.25) is 5.95 Å². The Morgan fingerprint density at radius 1 is 1.30 bits per heavy atom. The molecule has 7 nitrogen and oxygen atoms in total. The third-order valence-electron chi connectivity index (χ3n) is 4.45. The number of aryl methyl sites for hydroxylation is 1. The lowest BCUT2D eigenvalue weighted by Gasteiger charge is -2.17. The summed E-state index contributed by atoms with van der Waals surface area (Å²) in [6.45, 7) is 1.98. The van der Waals surface area contributed by atoms with Gasteiger partial charge in [-0.2, -0.15) is 10.1 Å². The molecule has 0 aromatic carbocycles. The van der Waals surface area contributed by atoms with Crippen LogP contribution in [0.15, 0.2) is 0 Å². The van der Waals surface area contributed by atoms with Gasteiger partial charge in [0.25, 0.3) is 0 Å². The zero-order chi connectivity index (χ0) is 16.1. The van der Waals surface area contributed by atoms with Gasteiger partial charge in [-0.3, -0.25) is 4.68 Å². The lowest BCUT2D eigenvalue weighted by Crippen LogP contribution is -2.23. The number of hydrogen-bond acceptors (Lipinski definition) is 6. The van der Waals surface area contributed by atoms with Crippen LogP contribution in [0.2, 0.25) is 10.2 Å². The molecule has 1 atom stereocenters. The van der Waals surface area contributed by atoms with Gasteiger partial charge in [0, 0.05) is 24.6 Å². The van der Waals surface area contributed by atoms with Gasteiger partial charge in [-0.1, -0.05) is 23.2 Å². The average molecular weight is 355 g/mol. The molecule has 2 aliphatic heterocycles. The molecule has 23 heavy (non-hydrogen) atoms. The molecule has 1 unspecified atom stereocenters. The minimum Gasteiger partial charge on any atom is -0.396 e. The molecule has 2 aromatic rings. The van der Waals surface area contributed by atoms with Crippen molar-refractivity contribution in [3.8, 4) is 0 Å². The maximum absolute atomic E-state index is 9.62. The molecule has 3 N–H and O–H groups in total. The highest BCUT2D eigenvalue weighted by molar-refractivity contribution is 6.32. The van der Waals surface area contributed by atoms with Crippen LogP contribution in [-0.4, -0.2) is 38.0 Å². The molecular formula is C14H16Cl2N6O. The van der Waals surface area contributed by atoms with Crippen molar-refractivity contribution >= 4 is 35.0 Å². The van der Waals surface area contributed by atoms with E-state index >= 15 is 0 Å². The van der Waals surface area contributed by atoms with Crippen molar-refractivity contribution in [2.24, 2.45) is 0 Å². The standard InChI is InChI=1S/C14H16Cl2N6O/c15-11-8(20-22-3-1-2-9(11)22)5-21-4-7(6-23)10-12(16)18-14(17)19-13(10)21/h7,23H,1-6H2,(H2,17,18,19). The molecule has 9 heteroatoms. The third kappa shape index (κ3) is 2.34. The number of hydrogen-bond donors (Lipinski definition) is 2. The maximum Gasteiger partial charge on any atom is 0.223 e. The number of anilines is 2. The highest BCUT2D eigenvalue weighted by Crippen LogP contribution is 2.40. The van der Waals surface area contributed by atoms with Crippen molar-refractivity contribution in [3.05, 3.63) is 27.1 Å². The minimum absolute atomic E-state index is 0.0239. The molecule has 2 aromatic heterocycles. The number of aliphatic hydroxyl groups is 1. The minimum atomic E-state index is -0.133. The molecule has 122 valence electrons. The van der Waals surface area contributed by atoms with Gasteiger partial charge in [-0.15, -0.1) is 0 Å². The summed E-state index contributed by atoms with van der Waals surface area (Å²) in [6.07, 6.45) is 2.05. The smallest absolute Gasteiger partial charge is 0.223 e. The first-order chi connectivity index (χ1) is 11.1. The van der Waals surface area contributed by atoms with Crippen molar-refractivity contribution in [2.75, 3.05) is 23.8 Å². The van der Waals surface area contributed by atoms with Crippen LogP contribution >= 0.6 is 23.2 Å². The van der Waals surface area contributed by atoms with E-state index in [1.807, 2.05) is 9.58 Å². The van der Waals surface area contributed by atoms with Gasteiger partial charge >= 0.3 is 0 Å². The van der Waals surface area contributed by atoms with Gasteiger partial charge in [0.1, 0.15) is 16.7 Å². The fraction of sp³-hybridized carbons (Fsp3) is 0.500. The van der Waals surface area contributed by atoms with Crippen molar-refractivity contribution in [2.45, 2.75) is 31.8 Å². The van der Waals surface area contributed by atoms with Crippen LogP contribution in [0.5, 0.6) is 0 Å². The molecular weight excluding hydrogens is 339 g/mol. The molecule has 0 fully saturated rings. The van der Waals surface area contributed by atoms with Crippen molar-refractivity contribution < 1.29 is 5.11 Å². The van der Waals surface area contributed by atoms with E-state index in [9.17, 15) is 5.11 Å². The van der Waals surface area contributed by atoms with E-state index in [1.165, 1.54) is 0 Å². The Balaban J connectivity index is 1.69. The zero-order valence-corrected chi connectivity index (χ0v) is 13.8. The number of fused-ring (bicyclic) bond motifs is 2. The number of nitrogens with two attached hydrogens (primary N) is 1. The third-order valence-corrected chi connectivity index (χ3v) is 5.17. The van der Waals surface area contributed by atoms with Crippen molar-refractivity contribution in [1.82, 2.24) is 19.7 Å². The van der Waals surface area contributed by atoms with Crippen LogP contribution in [-0.2, 0) is 19.5 Å². The predicted octanol–water partition coefficient (Wildman–Crippen LogP) is 1.60. The second kappa shape index (κ2) is 5.51. The number of nitrogen functional groups attached to an aromatic ring is 1. The predicted molar refractivity (Wildman–Crippen MR) is 87.9 cm³/mol. The Kier molecular flexibility index (Phi) is 3.59. The monoisotopic (exact) mass is 354 g/mol. The van der Waals surface area contributed by atoms with Gasteiger partial charge in [0.15, 0.2) is 0 Å². The summed E-state index contributed by atoms with van der Waals surface area (Å²) in [5.41, 5.74) is 8.38. The van der Waals surface area contributed by atoms with Gasteiger partial charge in [-0.05, 0) is 12.8 Å². The largest absolute Gasteiger partial charge is 0.396 e. The summed E-state index contributed by atoms with van der Waals surface area (Å²) >= 11 is 12.7. The van der Waals surface area contributed by atoms with E-state index < -0.39 is 0 Å². The van der Waals surface area contributed by atoms with E-state index in [4.69, 9.17) is 28.9 Å². The lowest BCUT2D eigenvalue weighted by molar-refractivity contribution is 0.270. The van der Waals surface area contributed by atoms with Gasteiger partial charge in [0.05, 0.1) is 23.9 Å². The molecule has 0 aliphatic carbocycles. The molecule has 4 heterocycles. The SMILES string of the molecule is Nc1nc(Cl)c2c(n1)N(Cc1nn3c(c1Cl)CCC3)CC2CO. The molecule has 0 bridgehead atoms.